The average molecular weight is 202 g/mol. The van der Waals surface area contributed by atoms with Gasteiger partial charge in [-0.05, 0) is 19.4 Å². The maximum atomic E-state index is 5.33. The van der Waals surface area contributed by atoms with Gasteiger partial charge in [0.25, 0.3) is 0 Å². The molecule has 0 fully saturated rings. The van der Waals surface area contributed by atoms with Crippen LogP contribution in [0.2, 0.25) is 0 Å². The second kappa shape index (κ2) is 12.9. The van der Waals surface area contributed by atoms with E-state index in [4.69, 9.17) is 10.6 Å². The highest BCUT2D eigenvalue weighted by atomic mass is 16.6. The highest BCUT2D eigenvalue weighted by Crippen LogP contribution is 2.03. The zero-order valence-electron chi connectivity index (χ0n) is 9.56. The number of hydrogen-bond acceptors (Lipinski definition) is 3. The van der Waals surface area contributed by atoms with Gasteiger partial charge < -0.3 is 10.6 Å². The first-order valence-corrected chi connectivity index (χ1v) is 5.96. The number of hydroxylamine groups is 1. The Kier molecular flexibility index (Phi) is 12.8. The lowest BCUT2D eigenvalue weighted by Gasteiger charge is -2.04. The monoisotopic (exact) mass is 202 g/mol. The Morgan fingerprint density at radius 2 is 1.71 bits per heavy atom. The van der Waals surface area contributed by atoms with Gasteiger partial charge in [-0.2, -0.15) is 0 Å². The molecule has 0 atom stereocenters. The van der Waals surface area contributed by atoms with Gasteiger partial charge in [0.1, 0.15) is 0 Å². The molecular formula is C11H26N2O. The largest absolute Gasteiger partial charge is 0.330 e. The van der Waals surface area contributed by atoms with E-state index < -0.39 is 0 Å². The number of nitrogens with two attached hydrogens (primary N) is 1. The highest BCUT2D eigenvalue weighted by Gasteiger charge is 1.90. The van der Waals surface area contributed by atoms with E-state index in [-0.39, 0.29) is 0 Å². The predicted octanol–water partition coefficient (Wildman–Crippen LogP) is 2.22. The van der Waals surface area contributed by atoms with E-state index in [1.807, 2.05) is 0 Å². The Morgan fingerprint density at radius 1 is 1.00 bits per heavy atom. The summed E-state index contributed by atoms with van der Waals surface area (Å²) in [5.74, 6) is 0. The molecule has 0 aromatic heterocycles. The Bertz CT molecular complexity index is 87.3. The number of nitrogens with one attached hydrogen (secondary N) is 1. The summed E-state index contributed by atoms with van der Waals surface area (Å²) >= 11 is 0. The zero-order chi connectivity index (χ0) is 10.5. The molecule has 0 aromatic carbocycles. The molecule has 0 bridgehead atoms. The molecule has 0 radical (unpaired) electrons. The maximum Gasteiger partial charge on any atom is 0.0694 e. The molecule has 0 aliphatic rings. The van der Waals surface area contributed by atoms with Gasteiger partial charge in [0.15, 0.2) is 0 Å². The third-order valence-corrected chi connectivity index (χ3v) is 2.18. The Morgan fingerprint density at radius 3 is 2.43 bits per heavy atom. The molecule has 3 heteroatoms. The quantitative estimate of drug-likeness (QED) is 0.399. The Labute approximate surface area is 88.3 Å². The van der Waals surface area contributed by atoms with Crippen LogP contribution in [0.3, 0.4) is 0 Å². The van der Waals surface area contributed by atoms with Crippen LogP contribution in [-0.4, -0.2) is 19.7 Å². The molecule has 86 valence electrons. The summed E-state index contributed by atoms with van der Waals surface area (Å²) in [6.45, 7) is 4.65. The van der Waals surface area contributed by atoms with Crippen LogP contribution in [0, 0.1) is 0 Å². The molecule has 0 saturated heterocycles. The molecule has 0 aromatic rings. The van der Waals surface area contributed by atoms with E-state index in [9.17, 15) is 0 Å². The van der Waals surface area contributed by atoms with Gasteiger partial charge in [-0.25, -0.2) is 5.48 Å². The topological polar surface area (TPSA) is 47.3 Å². The van der Waals surface area contributed by atoms with E-state index >= 15 is 0 Å². The van der Waals surface area contributed by atoms with E-state index in [2.05, 4.69) is 12.4 Å². The number of hydrogen-bond donors (Lipinski definition) is 2. The third-order valence-electron chi connectivity index (χ3n) is 2.18. The fourth-order valence-electron chi connectivity index (χ4n) is 1.28. The molecule has 0 spiro atoms. The lowest BCUT2D eigenvalue weighted by molar-refractivity contribution is 0.0397. The van der Waals surface area contributed by atoms with Gasteiger partial charge in [-0.3, -0.25) is 0 Å². The van der Waals surface area contributed by atoms with Gasteiger partial charge in [0, 0.05) is 6.54 Å². The van der Waals surface area contributed by atoms with E-state index in [1.165, 1.54) is 38.5 Å². The fourth-order valence-corrected chi connectivity index (χ4v) is 1.28. The second-order valence-electron chi connectivity index (χ2n) is 3.65. The first-order valence-electron chi connectivity index (χ1n) is 5.96. The van der Waals surface area contributed by atoms with E-state index in [0.717, 1.165) is 19.6 Å². The van der Waals surface area contributed by atoms with Crippen molar-refractivity contribution in [3.63, 3.8) is 0 Å². The van der Waals surface area contributed by atoms with Crippen molar-refractivity contribution < 1.29 is 4.84 Å². The SMILES string of the molecule is CCCCCCCCNOCCCN. The van der Waals surface area contributed by atoms with Crippen molar-refractivity contribution >= 4 is 0 Å². The molecule has 3 N–H and O–H groups in total. The Hall–Kier alpha value is -0.120. The average Bonchev–Trinajstić information content (AvgIpc) is 2.21. The number of rotatable bonds is 11. The minimum Gasteiger partial charge on any atom is -0.330 e. The summed E-state index contributed by atoms with van der Waals surface area (Å²) in [7, 11) is 0. The van der Waals surface area contributed by atoms with Gasteiger partial charge in [-0.15, -0.1) is 0 Å². The maximum absolute atomic E-state index is 5.33. The molecule has 0 heterocycles. The van der Waals surface area contributed by atoms with Crippen LogP contribution in [0.15, 0.2) is 0 Å². The first kappa shape index (κ1) is 13.9. The van der Waals surface area contributed by atoms with Crippen molar-refractivity contribution in [2.75, 3.05) is 19.7 Å². The van der Waals surface area contributed by atoms with Crippen molar-refractivity contribution in [3.05, 3.63) is 0 Å². The van der Waals surface area contributed by atoms with Gasteiger partial charge in [0.2, 0.25) is 0 Å². The molecular weight excluding hydrogens is 176 g/mol. The minimum absolute atomic E-state index is 0.707. The smallest absolute Gasteiger partial charge is 0.0694 e. The zero-order valence-corrected chi connectivity index (χ0v) is 9.56. The molecule has 0 rings (SSSR count). The summed E-state index contributed by atoms with van der Waals surface area (Å²) in [4.78, 5) is 5.17. The van der Waals surface area contributed by atoms with Crippen molar-refractivity contribution in [1.82, 2.24) is 5.48 Å². The molecule has 0 aliphatic carbocycles. The third kappa shape index (κ3) is 11.9. The standard InChI is InChI=1S/C11H26N2O/c1-2-3-4-5-6-7-10-13-14-11-8-9-12/h13H,2-12H2,1H3. The van der Waals surface area contributed by atoms with E-state index in [1.54, 1.807) is 0 Å². The fraction of sp³-hybridized carbons (Fsp3) is 1.00. The lowest BCUT2D eigenvalue weighted by Crippen LogP contribution is -2.18. The molecule has 0 unspecified atom stereocenters. The summed E-state index contributed by atoms with van der Waals surface area (Å²) in [6, 6.07) is 0. The summed E-state index contributed by atoms with van der Waals surface area (Å²) in [5, 5.41) is 0. The van der Waals surface area contributed by atoms with Crippen LogP contribution in [0.4, 0.5) is 0 Å². The van der Waals surface area contributed by atoms with Gasteiger partial charge in [-0.1, -0.05) is 39.0 Å². The summed E-state index contributed by atoms with van der Waals surface area (Å²) < 4.78 is 0. The van der Waals surface area contributed by atoms with Crippen LogP contribution in [0.25, 0.3) is 0 Å². The minimum atomic E-state index is 0.707. The second-order valence-corrected chi connectivity index (χ2v) is 3.65. The highest BCUT2D eigenvalue weighted by molar-refractivity contribution is 4.44. The van der Waals surface area contributed by atoms with Gasteiger partial charge in [0.05, 0.1) is 6.61 Å². The summed E-state index contributed by atoms with van der Waals surface area (Å²) in [6.07, 6.45) is 8.90. The van der Waals surface area contributed by atoms with Crippen LogP contribution < -0.4 is 11.2 Å². The molecule has 14 heavy (non-hydrogen) atoms. The van der Waals surface area contributed by atoms with Crippen LogP contribution in [-0.2, 0) is 4.84 Å². The lowest BCUT2D eigenvalue weighted by atomic mass is 10.1. The first-order chi connectivity index (χ1) is 6.91. The number of unbranched alkanes of at least 4 members (excludes halogenated alkanes) is 5. The normalized spacial score (nSPS) is 10.7. The molecule has 0 aliphatic heterocycles. The molecule has 3 nitrogen and oxygen atoms in total. The van der Waals surface area contributed by atoms with Crippen LogP contribution in [0.5, 0.6) is 0 Å². The Balaban J connectivity index is 2.78. The van der Waals surface area contributed by atoms with Crippen LogP contribution >= 0.6 is 0 Å². The summed E-state index contributed by atoms with van der Waals surface area (Å²) in [5.41, 5.74) is 8.29. The predicted molar refractivity (Wildman–Crippen MR) is 61.0 cm³/mol. The van der Waals surface area contributed by atoms with Crippen molar-refractivity contribution in [1.29, 1.82) is 0 Å². The van der Waals surface area contributed by atoms with E-state index in [0.29, 0.717) is 6.54 Å². The van der Waals surface area contributed by atoms with Crippen molar-refractivity contribution in [3.8, 4) is 0 Å². The molecule has 0 amide bonds. The van der Waals surface area contributed by atoms with Crippen molar-refractivity contribution in [2.45, 2.75) is 51.9 Å². The van der Waals surface area contributed by atoms with Gasteiger partial charge >= 0.3 is 0 Å². The van der Waals surface area contributed by atoms with Crippen molar-refractivity contribution in [2.24, 2.45) is 5.73 Å². The van der Waals surface area contributed by atoms with Crippen LogP contribution in [0.1, 0.15) is 51.9 Å². The molecule has 0 saturated carbocycles.